The van der Waals surface area contributed by atoms with Crippen molar-refractivity contribution in [2.24, 2.45) is 0 Å². The molecule has 2 fully saturated rings. The number of carbonyl (C=O) groups is 2. The molecular formula is C21H30N2O4. The maximum Gasteiger partial charge on any atom is 0.260 e. The lowest BCUT2D eigenvalue weighted by atomic mass is 9.95. The van der Waals surface area contributed by atoms with Gasteiger partial charge in [-0.15, -0.1) is 0 Å². The second-order valence-electron chi connectivity index (χ2n) is 7.41. The van der Waals surface area contributed by atoms with Gasteiger partial charge in [-0.3, -0.25) is 9.59 Å². The molecule has 3 rings (SSSR count). The number of nitrogens with one attached hydrogen (secondary N) is 1. The summed E-state index contributed by atoms with van der Waals surface area (Å²) in [6.07, 6.45) is 8.16. The zero-order valence-electron chi connectivity index (χ0n) is 16.1. The molecular weight excluding hydrogens is 344 g/mol. The minimum Gasteiger partial charge on any atom is -0.493 e. The number of amides is 2. The summed E-state index contributed by atoms with van der Waals surface area (Å²) in [7, 11) is 1.57. The molecule has 0 spiro atoms. The third kappa shape index (κ3) is 5.88. The highest BCUT2D eigenvalue weighted by atomic mass is 16.5. The molecule has 1 aromatic rings. The molecule has 148 valence electrons. The van der Waals surface area contributed by atoms with Crippen LogP contribution in [0.25, 0.3) is 0 Å². The van der Waals surface area contributed by atoms with E-state index in [1.54, 1.807) is 24.1 Å². The second-order valence-corrected chi connectivity index (χ2v) is 7.41. The fourth-order valence-electron chi connectivity index (χ4n) is 3.63. The van der Waals surface area contributed by atoms with Crippen molar-refractivity contribution in [3.63, 3.8) is 0 Å². The van der Waals surface area contributed by atoms with E-state index in [1.807, 2.05) is 12.1 Å². The van der Waals surface area contributed by atoms with Crippen LogP contribution in [0.4, 0.5) is 0 Å². The molecule has 2 aliphatic rings. The Morgan fingerprint density at radius 3 is 2.44 bits per heavy atom. The van der Waals surface area contributed by atoms with Gasteiger partial charge in [0.15, 0.2) is 18.1 Å². The molecule has 27 heavy (non-hydrogen) atoms. The Balaban J connectivity index is 1.46. The van der Waals surface area contributed by atoms with Crippen LogP contribution in [0, 0.1) is 0 Å². The van der Waals surface area contributed by atoms with Crippen LogP contribution >= 0.6 is 0 Å². The highest BCUT2D eigenvalue weighted by molar-refractivity contribution is 5.80. The van der Waals surface area contributed by atoms with Gasteiger partial charge in [-0.2, -0.15) is 0 Å². The van der Waals surface area contributed by atoms with Crippen molar-refractivity contribution in [1.29, 1.82) is 0 Å². The Labute approximate surface area is 161 Å². The van der Waals surface area contributed by atoms with Crippen LogP contribution in [-0.4, -0.2) is 49.1 Å². The molecule has 0 aliphatic heterocycles. The number of benzene rings is 1. The lowest BCUT2D eigenvalue weighted by Crippen LogP contribution is -2.41. The van der Waals surface area contributed by atoms with Crippen LogP contribution in [0.5, 0.6) is 11.5 Å². The lowest BCUT2D eigenvalue weighted by molar-refractivity contribution is -0.134. The number of hydrogen-bond acceptors (Lipinski definition) is 4. The molecule has 6 heteroatoms. The lowest BCUT2D eigenvalue weighted by Gasteiger charge is -2.25. The van der Waals surface area contributed by atoms with E-state index in [0.29, 0.717) is 30.5 Å². The molecule has 0 aromatic heterocycles. The van der Waals surface area contributed by atoms with E-state index >= 15 is 0 Å². The van der Waals surface area contributed by atoms with Gasteiger partial charge in [0.05, 0.1) is 7.11 Å². The Hall–Kier alpha value is -2.24. The van der Waals surface area contributed by atoms with Crippen LogP contribution in [0.15, 0.2) is 24.3 Å². The van der Waals surface area contributed by atoms with Gasteiger partial charge in [0.2, 0.25) is 5.91 Å². The average molecular weight is 374 g/mol. The number of para-hydroxylation sites is 2. The van der Waals surface area contributed by atoms with Gasteiger partial charge < -0.3 is 19.7 Å². The number of nitrogens with zero attached hydrogens (tertiary/aromatic N) is 1. The summed E-state index contributed by atoms with van der Waals surface area (Å²) in [4.78, 5) is 26.7. The zero-order chi connectivity index (χ0) is 19.1. The topological polar surface area (TPSA) is 67.9 Å². The van der Waals surface area contributed by atoms with Gasteiger partial charge in [-0.1, -0.05) is 31.4 Å². The SMILES string of the molecule is COc1ccccc1OCC(=O)N(CCC(=O)NC1CCCCC1)C1CC1. The first-order valence-corrected chi connectivity index (χ1v) is 10.0. The number of ether oxygens (including phenoxy) is 2. The molecule has 1 aromatic carbocycles. The smallest absolute Gasteiger partial charge is 0.260 e. The molecule has 0 saturated heterocycles. The zero-order valence-corrected chi connectivity index (χ0v) is 16.1. The number of carbonyl (C=O) groups excluding carboxylic acids is 2. The molecule has 1 N–H and O–H groups in total. The Morgan fingerprint density at radius 1 is 1.07 bits per heavy atom. The first-order chi connectivity index (χ1) is 13.2. The summed E-state index contributed by atoms with van der Waals surface area (Å²) >= 11 is 0. The van der Waals surface area contributed by atoms with Gasteiger partial charge in [-0.05, 0) is 37.8 Å². The molecule has 0 radical (unpaired) electrons. The van der Waals surface area contributed by atoms with Gasteiger partial charge >= 0.3 is 0 Å². The summed E-state index contributed by atoms with van der Waals surface area (Å²) in [6, 6.07) is 7.84. The Morgan fingerprint density at radius 2 is 1.78 bits per heavy atom. The standard InChI is InChI=1S/C21H30N2O4/c1-26-18-9-5-6-10-19(18)27-15-21(25)23(17-11-12-17)14-13-20(24)22-16-7-3-2-4-8-16/h5-6,9-10,16-17H,2-4,7-8,11-15H2,1H3,(H,22,24). The van der Waals surface area contributed by atoms with E-state index in [-0.39, 0.29) is 24.5 Å². The highest BCUT2D eigenvalue weighted by Crippen LogP contribution is 2.29. The van der Waals surface area contributed by atoms with Crippen LogP contribution in [0.1, 0.15) is 51.4 Å². The fraction of sp³-hybridized carbons (Fsp3) is 0.619. The second kappa shape index (κ2) is 9.62. The summed E-state index contributed by atoms with van der Waals surface area (Å²) in [5.74, 6) is 1.13. The molecule has 2 saturated carbocycles. The van der Waals surface area contributed by atoms with E-state index in [1.165, 1.54) is 19.3 Å². The Kier molecular flexibility index (Phi) is 6.96. The van der Waals surface area contributed by atoms with E-state index in [9.17, 15) is 9.59 Å². The Bertz CT molecular complexity index is 639. The molecule has 0 bridgehead atoms. The summed E-state index contributed by atoms with van der Waals surface area (Å²) in [6.45, 7) is 0.415. The highest BCUT2D eigenvalue weighted by Gasteiger charge is 2.33. The van der Waals surface area contributed by atoms with Gasteiger partial charge in [0.1, 0.15) is 0 Å². The number of hydrogen-bond donors (Lipinski definition) is 1. The molecule has 0 atom stereocenters. The summed E-state index contributed by atoms with van der Waals surface area (Å²) < 4.78 is 10.9. The van der Waals surface area contributed by atoms with E-state index < -0.39 is 0 Å². The molecule has 0 unspecified atom stereocenters. The van der Waals surface area contributed by atoms with Crippen molar-refractivity contribution in [1.82, 2.24) is 10.2 Å². The maximum absolute atomic E-state index is 12.6. The molecule has 2 amide bonds. The largest absolute Gasteiger partial charge is 0.493 e. The molecule has 0 heterocycles. The predicted molar refractivity (Wildman–Crippen MR) is 103 cm³/mol. The predicted octanol–water partition coefficient (Wildman–Crippen LogP) is 2.90. The van der Waals surface area contributed by atoms with E-state index in [0.717, 1.165) is 25.7 Å². The average Bonchev–Trinajstić information content (AvgIpc) is 3.52. The van der Waals surface area contributed by atoms with Crippen molar-refractivity contribution in [3.05, 3.63) is 24.3 Å². The number of methoxy groups -OCH3 is 1. The minimum absolute atomic E-state index is 0.0406. The number of rotatable bonds is 9. The van der Waals surface area contributed by atoms with Crippen LogP contribution in [-0.2, 0) is 9.59 Å². The first-order valence-electron chi connectivity index (χ1n) is 10.0. The summed E-state index contributed by atoms with van der Waals surface area (Å²) in [5.41, 5.74) is 0. The van der Waals surface area contributed by atoms with Gasteiger partial charge in [-0.25, -0.2) is 0 Å². The summed E-state index contributed by atoms with van der Waals surface area (Å²) in [5, 5.41) is 3.12. The maximum atomic E-state index is 12.6. The van der Waals surface area contributed by atoms with E-state index in [4.69, 9.17) is 9.47 Å². The van der Waals surface area contributed by atoms with Gasteiger partial charge in [0.25, 0.3) is 5.91 Å². The van der Waals surface area contributed by atoms with Crippen molar-refractivity contribution < 1.29 is 19.1 Å². The van der Waals surface area contributed by atoms with Crippen molar-refractivity contribution >= 4 is 11.8 Å². The van der Waals surface area contributed by atoms with Crippen LogP contribution in [0.3, 0.4) is 0 Å². The van der Waals surface area contributed by atoms with Crippen molar-refractivity contribution in [2.75, 3.05) is 20.3 Å². The van der Waals surface area contributed by atoms with Crippen molar-refractivity contribution in [3.8, 4) is 11.5 Å². The quantitative estimate of drug-likeness (QED) is 0.722. The van der Waals surface area contributed by atoms with Crippen LogP contribution < -0.4 is 14.8 Å². The first kappa shape index (κ1) is 19.5. The van der Waals surface area contributed by atoms with E-state index in [2.05, 4.69) is 5.32 Å². The molecule has 6 nitrogen and oxygen atoms in total. The van der Waals surface area contributed by atoms with Crippen LogP contribution in [0.2, 0.25) is 0 Å². The molecule has 2 aliphatic carbocycles. The normalized spacial score (nSPS) is 17.2. The minimum atomic E-state index is -0.0751. The fourth-order valence-corrected chi connectivity index (χ4v) is 3.63. The van der Waals surface area contributed by atoms with Gasteiger partial charge in [0, 0.05) is 25.0 Å². The monoisotopic (exact) mass is 374 g/mol. The third-order valence-electron chi connectivity index (χ3n) is 5.28. The third-order valence-corrected chi connectivity index (χ3v) is 5.28. The van der Waals surface area contributed by atoms with Crippen molar-refractivity contribution in [2.45, 2.75) is 63.5 Å².